The number of unbranched alkanes of at least 4 members (excludes halogenated alkanes) is 2. The number of nitrogens with two attached hydrogens (primary N) is 1. The lowest BCUT2D eigenvalue weighted by Crippen LogP contribution is -2.50. The lowest BCUT2D eigenvalue weighted by molar-refractivity contribution is -0.148. The van der Waals surface area contributed by atoms with E-state index in [0.717, 1.165) is 6.42 Å². The number of aromatic nitrogens is 3. The van der Waals surface area contributed by atoms with Gasteiger partial charge in [0.25, 0.3) is 0 Å². The number of nitrogens with one attached hydrogen (secondary N) is 7. The quantitative estimate of drug-likeness (QED) is 0.0140. The van der Waals surface area contributed by atoms with Crippen LogP contribution in [0.5, 0.6) is 0 Å². The largest absolute Gasteiger partial charge is 0.490 e. The van der Waals surface area contributed by atoms with Gasteiger partial charge in [0.15, 0.2) is 0 Å². The van der Waals surface area contributed by atoms with Gasteiger partial charge in [0, 0.05) is 63.9 Å². The number of nitrogen functional groups attached to an aromatic ring is 1. The van der Waals surface area contributed by atoms with Gasteiger partial charge in [-0.25, -0.2) is 38.0 Å². The minimum Gasteiger partial charge on any atom is -0.481 e. The molecule has 45 heteroatoms. The second-order valence-corrected chi connectivity index (χ2v) is 26.1. The number of carboxylic acids is 5. The number of anilines is 1. The standard InChI is InChI=1S/C29H45N8O16P3S2.C17H23N3O13/c1-18(38)36-20(29(42)33-10-5-3-4-8-23(40)31-2)16-58-57-12-9-24(41)32-11-6-7-19-14-37(28-26(19)27(30)34-17-35-28)25-13-21(39)22(51-25)15-50-55(46,47)53-56(48,49)52-54(43,44)45;1-6(14(26)27)2-10(21)18-7(15(28)29)3-11(22)19-8(16(30)31)4-12(23)20-9(17(32)33)5-13(24)25/h14,17,20-22,25,39H,3-5,8-13,15-16H2,1-2H3,(H,31,40)(H,32,41)(H,33,42)(H,36,38)(H,46,47)(H,48,49)(H2,30,34,35)(H2,43,44,45);6-9H,2-5H2,1H3,(H,18,21)(H,19,22)(H,20,23)(H,24,25)(H,26,27)(H,28,29)(H,30,31)(H,32,33). The number of hydrogen-bond acceptors (Lipinski definition) is 25. The zero-order valence-electron chi connectivity index (χ0n) is 48.2. The van der Waals surface area contributed by atoms with Gasteiger partial charge in [-0.3, -0.25) is 47.7 Å². The number of nitrogens with zero attached hydrogens (tertiary/aromatic N) is 3. The van der Waals surface area contributed by atoms with Gasteiger partial charge < -0.3 is 102 Å². The van der Waals surface area contributed by atoms with E-state index in [0.29, 0.717) is 42.5 Å². The fourth-order valence-electron chi connectivity index (χ4n) is 7.36. The van der Waals surface area contributed by atoms with Crippen molar-refractivity contribution in [1.82, 2.24) is 51.8 Å². The molecule has 91 heavy (non-hydrogen) atoms. The van der Waals surface area contributed by atoms with E-state index in [4.69, 9.17) is 45.8 Å². The molecule has 0 bridgehead atoms. The minimum absolute atomic E-state index is 0.0409. The fraction of sp³-hybridized carbons (Fsp3) is 0.565. The molecule has 3 rings (SSSR count). The molecule has 0 radical (unpaired) electrons. The molecule has 0 saturated carbocycles. The van der Waals surface area contributed by atoms with E-state index >= 15 is 0 Å². The minimum atomic E-state index is -5.75. The summed E-state index contributed by atoms with van der Waals surface area (Å²) in [5.41, 5.74) is 6.68. The highest BCUT2D eigenvalue weighted by Crippen LogP contribution is 2.66. The first-order chi connectivity index (χ1) is 42.3. The van der Waals surface area contributed by atoms with Crippen molar-refractivity contribution in [1.29, 1.82) is 0 Å². The van der Waals surface area contributed by atoms with Gasteiger partial charge in [0.1, 0.15) is 54.3 Å². The van der Waals surface area contributed by atoms with E-state index in [1.54, 1.807) is 12.4 Å². The molecular formula is C46H68N11O29P3S2. The van der Waals surface area contributed by atoms with Gasteiger partial charge in [-0.05, 0) is 12.8 Å². The molecule has 0 aliphatic carbocycles. The van der Waals surface area contributed by atoms with Gasteiger partial charge in [-0.2, -0.15) is 8.62 Å². The number of hydrogen-bond donors (Lipinski definition) is 18. The van der Waals surface area contributed by atoms with Gasteiger partial charge in [0.05, 0.1) is 55.4 Å². The van der Waals surface area contributed by atoms with E-state index in [-0.39, 0.29) is 60.2 Å². The summed E-state index contributed by atoms with van der Waals surface area (Å²) in [6, 6.07) is -6.40. The van der Waals surface area contributed by atoms with Gasteiger partial charge in [-0.15, -0.1) is 0 Å². The van der Waals surface area contributed by atoms with Crippen LogP contribution in [0.1, 0.15) is 89.8 Å². The number of carbonyl (C=O) groups excluding carboxylic acids is 7. The number of fused-ring (bicyclic) bond motifs is 1. The van der Waals surface area contributed by atoms with E-state index < -0.39 is 152 Å². The number of phosphoric acid groups is 3. The van der Waals surface area contributed by atoms with Crippen LogP contribution in [0.25, 0.3) is 11.0 Å². The first-order valence-electron chi connectivity index (χ1n) is 26.3. The van der Waals surface area contributed by atoms with Crippen LogP contribution in [0, 0.1) is 17.8 Å². The number of ether oxygens (including phenoxy) is 1. The van der Waals surface area contributed by atoms with Gasteiger partial charge in [-0.1, -0.05) is 46.8 Å². The Kier molecular flexibility index (Phi) is 33.7. The number of carboxylic acid groups (broad SMARTS) is 5. The molecule has 7 amide bonds. The second kappa shape index (κ2) is 38.5. The predicted molar refractivity (Wildman–Crippen MR) is 310 cm³/mol. The Balaban J connectivity index is 0.000000727. The molecule has 10 unspecified atom stereocenters. The third kappa shape index (κ3) is 31.5. The van der Waals surface area contributed by atoms with E-state index in [1.807, 2.05) is 10.6 Å². The molecule has 1 aliphatic rings. The van der Waals surface area contributed by atoms with Gasteiger partial charge >= 0.3 is 53.3 Å². The van der Waals surface area contributed by atoms with Crippen LogP contribution in [-0.2, 0) is 89.1 Å². The predicted octanol–water partition coefficient (Wildman–Crippen LogP) is -2.77. The van der Waals surface area contributed by atoms with Crippen LogP contribution in [0.4, 0.5) is 5.82 Å². The van der Waals surface area contributed by atoms with Crippen molar-refractivity contribution in [2.24, 2.45) is 5.92 Å². The third-order valence-corrected chi connectivity index (χ3v) is 17.8. The number of phosphoric ester groups is 1. The summed E-state index contributed by atoms with van der Waals surface area (Å²) in [6.07, 6.45) is -1.87. The van der Waals surface area contributed by atoms with Crippen LogP contribution in [-0.4, -0.2) is 211 Å². The number of aliphatic hydroxyl groups is 1. The number of aliphatic hydroxyl groups excluding tert-OH is 1. The monoisotopic (exact) mass is 1400 g/mol. The molecular weight excluding hydrogens is 1330 g/mol. The van der Waals surface area contributed by atoms with Crippen molar-refractivity contribution in [2.75, 3.05) is 44.0 Å². The molecule has 0 aromatic carbocycles. The summed E-state index contributed by atoms with van der Waals surface area (Å²) < 4.78 is 53.8. The summed E-state index contributed by atoms with van der Waals surface area (Å²) in [4.78, 5) is 183. The molecule has 19 N–H and O–H groups in total. The van der Waals surface area contributed by atoms with Crippen LogP contribution in [0.15, 0.2) is 12.5 Å². The maximum atomic E-state index is 12.6. The summed E-state index contributed by atoms with van der Waals surface area (Å²) in [6.45, 7) is 1.99. The SMILES string of the molecule is CC(CC(=O)NC(CC(=O)NC(CC(=O)NC(CC(=O)O)C(=O)O)C(=O)O)C(=O)O)C(=O)O.CNC(=O)CCCCCNC(=O)C(CSSCCC(=O)NCC#Cc1cn(C2CC(O)C(COP(=O)(O)OP(=O)(O)OP(=O)(O)O)O2)c2ncnc(N)c12)NC(C)=O. The number of aliphatic carboxylic acids is 5. The van der Waals surface area contributed by atoms with Gasteiger partial charge in [0.2, 0.25) is 41.4 Å². The number of carbonyl (C=O) groups is 12. The van der Waals surface area contributed by atoms with Crippen LogP contribution >= 0.6 is 45.1 Å². The molecule has 10 atom stereocenters. The first-order valence-corrected chi connectivity index (χ1v) is 33.3. The highest BCUT2D eigenvalue weighted by Gasteiger charge is 2.43. The molecule has 2 aromatic heterocycles. The molecule has 1 saturated heterocycles. The average Bonchev–Trinajstić information content (AvgIpc) is 1.64. The molecule has 2 aromatic rings. The van der Waals surface area contributed by atoms with Crippen molar-refractivity contribution in [2.45, 2.75) is 121 Å². The Bertz CT molecular complexity index is 3180. The first kappa shape index (κ1) is 79.7. The van der Waals surface area contributed by atoms with Crippen LogP contribution in [0.3, 0.4) is 0 Å². The van der Waals surface area contributed by atoms with E-state index in [2.05, 4.69) is 56.2 Å². The summed E-state index contributed by atoms with van der Waals surface area (Å²) >= 11 is 0. The number of rotatable bonds is 38. The Labute approximate surface area is 522 Å². The molecule has 1 fully saturated rings. The topological polar surface area (TPSA) is 636 Å². The molecule has 40 nitrogen and oxygen atoms in total. The zero-order chi connectivity index (χ0) is 69.0. The van der Waals surface area contributed by atoms with Crippen LogP contribution < -0.4 is 43.0 Å². The maximum Gasteiger partial charge on any atom is 0.490 e. The van der Waals surface area contributed by atoms with Crippen molar-refractivity contribution >= 4 is 133 Å². The fourth-order valence-corrected chi connectivity index (χ4v) is 12.5. The normalized spacial score (nSPS) is 17.3. The number of amides is 7. The lowest BCUT2D eigenvalue weighted by atomic mass is 10.1. The van der Waals surface area contributed by atoms with E-state index in [9.17, 15) is 86.1 Å². The molecule has 508 valence electrons. The maximum absolute atomic E-state index is 12.6. The average molecular weight is 1400 g/mol. The zero-order valence-corrected chi connectivity index (χ0v) is 52.5. The van der Waals surface area contributed by atoms with Crippen molar-refractivity contribution in [3.63, 3.8) is 0 Å². The second-order valence-electron chi connectivity index (χ2n) is 19.0. The molecule has 1 aliphatic heterocycles. The lowest BCUT2D eigenvalue weighted by Gasteiger charge is -2.19. The molecule has 3 heterocycles. The molecule has 0 spiro atoms. The van der Waals surface area contributed by atoms with Crippen molar-refractivity contribution in [3.05, 3.63) is 18.1 Å². The Morgan fingerprint density at radius 2 is 1.31 bits per heavy atom. The highest BCUT2D eigenvalue weighted by molar-refractivity contribution is 8.76. The smallest absolute Gasteiger partial charge is 0.481 e. The summed E-state index contributed by atoms with van der Waals surface area (Å²) in [5.74, 6) is -7.12. The van der Waals surface area contributed by atoms with Crippen LogP contribution in [0.2, 0.25) is 0 Å². The van der Waals surface area contributed by atoms with Crippen molar-refractivity contribution in [3.8, 4) is 11.8 Å². The third-order valence-electron chi connectivity index (χ3n) is 11.6. The Morgan fingerprint density at radius 1 is 0.725 bits per heavy atom. The highest BCUT2D eigenvalue weighted by atomic mass is 33.1. The summed E-state index contributed by atoms with van der Waals surface area (Å²) in [7, 11) is -12.5. The van der Waals surface area contributed by atoms with E-state index in [1.165, 1.54) is 52.5 Å². The summed E-state index contributed by atoms with van der Waals surface area (Å²) in [5, 5.41) is 71.7. The Morgan fingerprint density at radius 3 is 1.85 bits per heavy atom. The Hall–Kier alpha value is -7.35. The van der Waals surface area contributed by atoms with Crippen molar-refractivity contribution < 1.29 is 139 Å².